The summed E-state index contributed by atoms with van der Waals surface area (Å²) in [7, 11) is 0. The Morgan fingerprint density at radius 3 is 2.62 bits per heavy atom. The molecule has 0 atom stereocenters. The number of nitrogens with one attached hydrogen (secondary N) is 1. The van der Waals surface area contributed by atoms with Gasteiger partial charge in [0.05, 0.1) is 5.69 Å². The summed E-state index contributed by atoms with van der Waals surface area (Å²) in [5.74, 6) is 0. The van der Waals surface area contributed by atoms with Gasteiger partial charge >= 0.3 is 0 Å². The number of aryl methyl sites for hydroxylation is 1. The van der Waals surface area contributed by atoms with Crippen molar-refractivity contribution < 1.29 is 0 Å². The summed E-state index contributed by atoms with van der Waals surface area (Å²) in [5, 5.41) is 3.76. The Hall–Kier alpha value is -1.54. The zero-order valence-corrected chi connectivity index (χ0v) is 9.83. The van der Waals surface area contributed by atoms with Crippen LogP contribution in [0.2, 0.25) is 5.15 Å². The minimum Gasteiger partial charge on any atom is -0.378 e. The van der Waals surface area contributed by atoms with E-state index in [4.69, 9.17) is 11.6 Å². The highest BCUT2D eigenvalue weighted by Gasteiger charge is 1.99. The van der Waals surface area contributed by atoms with Crippen LogP contribution in [0.3, 0.4) is 0 Å². The number of hydrogen-bond acceptors (Lipinski definition) is 2. The van der Waals surface area contributed by atoms with Crippen molar-refractivity contribution in [3.05, 3.63) is 58.9 Å². The van der Waals surface area contributed by atoms with E-state index in [0.29, 0.717) is 5.15 Å². The minimum absolute atomic E-state index is 0.509. The molecule has 0 aliphatic rings. The third-order valence-electron chi connectivity index (χ3n) is 2.36. The lowest BCUT2D eigenvalue weighted by atomic mass is 10.1. The standard InChI is InChI=1S/C13H13ClN2/c1-10-4-6-11(7-5-10)9-16-12-3-2-8-15-13(12)14/h2-8,16H,9H2,1H3. The predicted molar refractivity (Wildman–Crippen MR) is 67.8 cm³/mol. The monoisotopic (exact) mass is 232 g/mol. The van der Waals surface area contributed by atoms with Crippen molar-refractivity contribution in [3.63, 3.8) is 0 Å². The molecular weight excluding hydrogens is 220 g/mol. The zero-order valence-electron chi connectivity index (χ0n) is 9.07. The average Bonchev–Trinajstić information content (AvgIpc) is 2.30. The Kier molecular flexibility index (Phi) is 3.42. The largest absolute Gasteiger partial charge is 0.378 e. The lowest BCUT2D eigenvalue weighted by Gasteiger charge is -2.07. The smallest absolute Gasteiger partial charge is 0.152 e. The van der Waals surface area contributed by atoms with Crippen LogP contribution < -0.4 is 5.32 Å². The first kappa shape index (κ1) is 11.0. The molecule has 0 radical (unpaired) electrons. The normalized spacial score (nSPS) is 10.1. The van der Waals surface area contributed by atoms with E-state index in [1.807, 2.05) is 12.1 Å². The van der Waals surface area contributed by atoms with Gasteiger partial charge in [0.2, 0.25) is 0 Å². The molecule has 0 spiro atoms. The topological polar surface area (TPSA) is 24.9 Å². The van der Waals surface area contributed by atoms with Crippen LogP contribution in [-0.2, 0) is 6.54 Å². The van der Waals surface area contributed by atoms with E-state index < -0.39 is 0 Å². The molecule has 0 bridgehead atoms. The summed E-state index contributed by atoms with van der Waals surface area (Å²) in [4.78, 5) is 4.01. The third kappa shape index (κ3) is 2.74. The van der Waals surface area contributed by atoms with Crippen molar-refractivity contribution in [1.29, 1.82) is 0 Å². The number of halogens is 1. The molecule has 1 heterocycles. The molecule has 2 rings (SSSR count). The van der Waals surface area contributed by atoms with Crippen LogP contribution in [0.1, 0.15) is 11.1 Å². The Labute approximate surface area is 100 Å². The first-order chi connectivity index (χ1) is 7.75. The maximum absolute atomic E-state index is 5.94. The number of benzene rings is 1. The number of anilines is 1. The molecule has 82 valence electrons. The van der Waals surface area contributed by atoms with Crippen LogP contribution in [0, 0.1) is 6.92 Å². The maximum atomic E-state index is 5.94. The Morgan fingerprint density at radius 2 is 1.94 bits per heavy atom. The van der Waals surface area contributed by atoms with E-state index in [0.717, 1.165) is 12.2 Å². The third-order valence-corrected chi connectivity index (χ3v) is 2.66. The number of nitrogens with zero attached hydrogens (tertiary/aromatic N) is 1. The van der Waals surface area contributed by atoms with Gasteiger partial charge < -0.3 is 5.32 Å². The molecule has 0 amide bonds. The van der Waals surface area contributed by atoms with Gasteiger partial charge in [-0.05, 0) is 24.6 Å². The van der Waals surface area contributed by atoms with E-state index in [2.05, 4.69) is 41.5 Å². The summed E-state index contributed by atoms with van der Waals surface area (Å²) in [6.45, 7) is 2.83. The van der Waals surface area contributed by atoms with Gasteiger partial charge in [-0.25, -0.2) is 4.98 Å². The first-order valence-electron chi connectivity index (χ1n) is 5.15. The van der Waals surface area contributed by atoms with E-state index >= 15 is 0 Å². The summed E-state index contributed by atoms with van der Waals surface area (Å²) in [5.41, 5.74) is 3.36. The lowest BCUT2D eigenvalue weighted by Crippen LogP contribution is -2.00. The molecule has 1 N–H and O–H groups in total. The molecule has 0 saturated carbocycles. The molecular formula is C13H13ClN2. The van der Waals surface area contributed by atoms with Gasteiger partial charge in [0.1, 0.15) is 0 Å². The molecule has 3 heteroatoms. The SMILES string of the molecule is Cc1ccc(CNc2cccnc2Cl)cc1. The molecule has 0 aliphatic carbocycles. The van der Waals surface area contributed by atoms with Crippen LogP contribution in [0.25, 0.3) is 0 Å². The number of aromatic nitrogens is 1. The molecule has 0 aliphatic heterocycles. The van der Waals surface area contributed by atoms with Crippen LogP contribution >= 0.6 is 11.6 Å². The van der Waals surface area contributed by atoms with Crippen molar-refractivity contribution in [1.82, 2.24) is 4.98 Å². The summed E-state index contributed by atoms with van der Waals surface area (Å²) in [6, 6.07) is 12.2. The average molecular weight is 233 g/mol. The van der Waals surface area contributed by atoms with E-state index in [1.165, 1.54) is 11.1 Å². The van der Waals surface area contributed by atoms with Gasteiger partial charge in [0, 0.05) is 12.7 Å². The number of hydrogen-bond donors (Lipinski definition) is 1. The van der Waals surface area contributed by atoms with Gasteiger partial charge in [-0.2, -0.15) is 0 Å². The second-order valence-electron chi connectivity index (χ2n) is 3.68. The highest BCUT2D eigenvalue weighted by Crippen LogP contribution is 2.18. The Bertz CT molecular complexity index is 466. The lowest BCUT2D eigenvalue weighted by molar-refractivity contribution is 1.13. The summed E-state index contributed by atoms with van der Waals surface area (Å²) < 4.78 is 0. The molecule has 2 nitrogen and oxygen atoms in total. The van der Waals surface area contributed by atoms with Crippen LogP contribution in [0.4, 0.5) is 5.69 Å². The van der Waals surface area contributed by atoms with Crippen molar-refractivity contribution in [3.8, 4) is 0 Å². The Morgan fingerprint density at radius 1 is 1.19 bits per heavy atom. The quantitative estimate of drug-likeness (QED) is 0.817. The fourth-order valence-corrected chi connectivity index (χ4v) is 1.61. The molecule has 1 aromatic heterocycles. The van der Waals surface area contributed by atoms with E-state index in [1.54, 1.807) is 6.20 Å². The van der Waals surface area contributed by atoms with Crippen molar-refractivity contribution in [2.75, 3.05) is 5.32 Å². The van der Waals surface area contributed by atoms with Gasteiger partial charge in [0.25, 0.3) is 0 Å². The Balaban J connectivity index is 2.02. The van der Waals surface area contributed by atoms with Crippen molar-refractivity contribution >= 4 is 17.3 Å². The molecule has 16 heavy (non-hydrogen) atoms. The molecule has 2 aromatic rings. The van der Waals surface area contributed by atoms with E-state index in [-0.39, 0.29) is 0 Å². The second kappa shape index (κ2) is 4.99. The van der Waals surface area contributed by atoms with Crippen molar-refractivity contribution in [2.45, 2.75) is 13.5 Å². The molecule has 0 saturated heterocycles. The number of pyridine rings is 1. The number of rotatable bonds is 3. The molecule has 1 aromatic carbocycles. The van der Waals surface area contributed by atoms with Crippen LogP contribution in [-0.4, -0.2) is 4.98 Å². The van der Waals surface area contributed by atoms with Gasteiger partial charge in [-0.15, -0.1) is 0 Å². The van der Waals surface area contributed by atoms with Gasteiger partial charge in [-0.3, -0.25) is 0 Å². The summed E-state index contributed by atoms with van der Waals surface area (Å²) >= 11 is 5.94. The zero-order chi connectivity index (χ0) is 11.4. The molecule has 0 unspecified atom stereocenters. The maximum Gasteiger partial charge on any atom is 0.152 e. The second-order valence-corrected chi connectivity index (χ2v) is 4.04. The fraction of sp³-hybridized carbons (Fsp3) is 0.154. The summed E-state index contributed by atoms with van der Waals surface area (Å²) in [6.07, 6.45) is 1.68. The predicted octanol–water partition coefficient (Wildman–Crippen LogP) is 3.66. The fourth-order valence-electron chi connectivity index (χ4n) is 1.42. The highest BCUT2D eigenvalue weighted by molar-refractivity contribution is 6.31. The van der Waals surface area contributed by atoms with Crippen molar-refractivity contribution in [2.24, 2.45) is 0 Å². The van der Waals surface area contributed by atoms with E-state index in [9.17, 15) is 0 Å². The minimum atomic E-state index is 0.509. The highest BCUT2D eigenvalue weighted by atomic mass is 35.5. The van der Waals surface area contributed by atoms with Gasteiger partial charge in [0.15, 0.2) is 5.15 Å². The first-order valence-corrected chi connectivity index (χ1v) is 5.53. The van der Waals surface area contributed by atoms with Crippen LogP contribution in [0.15, 0.2) is 42.6 Å². The molecule has 0 fully saturated rings. The van der Waals surface area contributed by atoms with Crippen LogP contribution in [0.5, 0.6) is 0 Å². The van der Waals surface area contributed by atoms with Gasteiger partial charge in [-0.1, -0.05) is 41.4 Å².